The number of carbonyl (C=O) groups is 1. The molecule has 4 nitrogen and oxygen atoms in total. The highest BCUT2D eigenvalue weighted by atomic mass is 32.1. The lowest BCUT2D eigenvalue weighted by Crippen LogP contribution is -2.35. The molecule has 29 heavy (non-hydrogen) atoms. The van der Waals surface area contributed by atoms with Crippen LogP contribution in [-0.2, 0) is 13.0 Å². The smallest absolute Gasteiger partial charge is 0.198 e. The van der Waals surface area contributed by atoms with Crippen molar-refractivity contribution in [3.05, 3.63) is 86.9 Å². The van der Waals surface area contributed by atoms with E-state index in [1.54, 1.807) is 19.2 Å². The molecule has 0 saturated carbocycles. The first-order valence-corrected chi connectivity index (χ1v) is 10.3. The Balaban J connectivity index is 1.76. The minimum absolute atomic E-state index is 0.260. The van der Waals surface area contributed by atoms with Gasteiger partial charge in [0.05, 0.1) is 18.0 Å². The summed E-state index contributed by atoms with van der Waals surface area (Å²) >= 11 is 1.36. The molecule has 0 aliphatic carbocycles. The average Bonchev–Trinajstić information content (AvgIpc) is 3.18. The molecule has 1 N–H and O–H groups in total. The van der Waals surface area contributed by atoms with Crippen molar-refractivity contribution in [2.45, 2.75) is 19.0 Å². The Kier molecular flexibility index (Phi) is 5.76. The van der Waals surface area contributed by atoms with Crippen LogP contribution in [0.2, 0.25) is 0 Å². The normalized spacial score (nSPS) is 16.4. The summed E-state index contributed by atoms with van der Waals surface area (Å²) in [5, 5.41) is 9.25. The molecule has 3 aromatic rings. The summed E-state index contributed by atoms with van der Waals surface area (Å²) in [5.74, 6) is 0.232. The van der Waals surface area contributed by atoms with Crippen molar-refractivity contribution in [2.75, 3.05) is 20.3 Å². The van der Waals surface area contributed by atoms with Gasteiger partial charge in [0.15, 0.2) is 5.78 Å². The van der Waals surface area contributed by atoms with Crippen molar-refractivity contribution >= 4 is 17.1 Å². The molecule has 0 amide bonds. The third-order valence-corrected chi connectivity index (χ3v) is 6.53. The Labute approximate surface area is 173 Å². The molecule has 1 aromatic heterocycles. The average molecular weight is 411 g/mol. The number of ketones is 1. The Morgan fingerprint density at radius 2 is 2.07 bits per heavy atom. The van der Waals surface area contributed by atoms with Crippen LogP contribution in [0.3, 0.4) is 0 Å². The fourth-order valence-corrected chi connectivity index (χ4v) is 5.15. The van der Waals surface area contributed by atoms with E-state index < -0.39 is 6.61 Å². The number of aliphatic hydroxyl groups excluding tert-OH is 1. The summed E-state index contributed by atoms with van der Waals surface area (Å²) in [4.78, 5) is 15.8. The zero-order valence-corrected chi connectivity index (χ0v) is 16.9. The standard InChI is InChI=1S/C23H22FNO3S/c1-28-17-6-4-5-15(11-17)13-25-10-9-16-12-21(20(27)14-26)29-23(16)22(25)18-7-2-3-8-19(18)24/h2-8,11-12,22,26H,9-10,13-14H2,1H3. The first-order chi connectivity index (χ1) is 14.1. The Morgan fingerprint density at radius 1 is 1.24 bits per heavy atom. The van der Waals surface area contributed by atoms with Gasteiger partial charge in [0.25, 0.3) is 0 Å². The Hall–Kier alpha value is -2.54. The molecule has 150 valence electrons. The van der Waals surface area contributed by atoms with E-state index in [2.05, 4.69) is 4.90 Å². The number of benzene rings is 2. The second-order valence-electron chi connectivity index (χ2n) is 7.08. The van der Waals surface area contributed by atoms with Gasteiger partial charge in [0, 0.05) is 23.5 Å². The molecule has 2 heterocycles. The molecule has 0 spiro atoms. The van der Waals surface area contributed by atoms with Crippen molar-refractivity contribution in [1.82, 2.24) is 4.90 Å². The van der Waals surface area contributed by atoms with Crippen LogP contribution in [0.5, 0.6) is 5.75 Å². The lowest BCUT2D eigenvalue weighted by atomic mass is 9.94. The summed E-state index contributed by atoms with van der Waals surface area (Å²) in [6.07, 6.45) is 0.777. The molecule has 1 aliphatic rings. The van der Waals surface area contributed by atoms with E-state index in [0.717, 1.165) is 34.7 Å². The van der Waals surface area contributed by atoms with Crippen molar-refractivity contribution in [1.29, 1.82) is 0 Å². The van der Waals surface area contributed by atoms with Gasteiger partial charge in [-0.25, -0.2) is 4.39 Å². The van der Waals surface area contributed by atoms with Gasteiger partial charge in [-0.05, 0) is 41.8 Å². The summed E-state index contributed by atoms with van der Waals surface area (Å²) in [7, 11) is 1.64. The van der Waals surface area contributed by atoms with Crippen molar-refractivity contribution in [3.63, 3.8) is 0 Å². The zero-order valence-electron chi connectivity index (χ0n) is 16.1. The number of hydrogen-bond acceptors (Lipinski definition) is 5. The van der Waals surface area contributed by atoms with Crippen LogP contribution >= 0.6 is 11.3 Å². The third-order valence-electron chi connectivity index (χ3n) is 5.26. The Bertz CT molecular complexity index is 1030. The zero-order chi connectivity index (χ0) is 20.4. The van der Waals surface area contributed by atoms with Gasteiger partial charge in [0.1, 0.15) is 18.2 Å². The summed E-state index contributed by atoms with van der Waals surface area (Å²) in [6, 6.07) is 16.2. The van der Waals surface area contributed by atoms with Crippen LogP contribution in [0.1, 0.15) is 37.3 Å². The number of thiophene rings is 1. The van der Waals surface area contributed by atoms with Crippen LogP contribution in [0, 0.1) is 5.82 Å². The molecule has 0 saturated heterocycles. The minimum atomic E-state index is -0.517. The molecule has 0 bridgehead atoms. The van der Waals surface area contributed by atoms with Crippen LogP contribution in [0.4, 0.5) is 4.39 Å². The lowest BCUT2D eigenvalue weighted by Gasteiger charge is -2.36. The van der Waals surface area contributed by atoms with E-state index in [-0.39, 0.29) is 17.6 Å². The van der Waals surface area contributed by atoms with Gasteiger partial charge in [-0.15, -0.1) is 11.3 Å². The fraction of sp³-hybridized carbons (Fsp3) is 0.261. The van der Waals surface area contributed by atoms with Gasteiger partial charge < -0.3 is 9.84 Å². The molecule has 4 rings (SSSR count). The maximum Gasteiger partial charge on any atom is 0.198 e. The van der Waals surface area contributed by atoms with Crippen LogP contribution in [0.25, 0.3) is 0 Å². The summed E-state index contributed by atoms with van der Waals surface area (Å²) in [5.41, 5.74) is 2.74. The predicted molar refractivity (Wildman–Crippen MR) is 111 cm³/mol. The largest absolute Gasteiger partial charge is 0.497 e. The maximum absolute atomic E-state index is 14.8. The highest BCUT2D eigenvalue weighted by Gasteiger charge is 2.33. The number of carbonyl (C=O) groups excluding carboxylic acids is 1. The van der Waals surface area contributed by atoms with Gasteiger partial charge in [-0.2, -0.15) is 0 Å². The molecule has 6 heteroatoms. The number of halogens is 1. The highest BCUT2D eigenvalue weighted by Crippen LogP contribution is 2.42. The monoisotopic (exact) mass is 411 g/mol. The number of nitrogens with zero attached hydrogens (tertiary/aromatic N) is 1. The number of aliphatic hydroxyl groups is 1. The first-order valence-electron chi connectivity index (χ1n) is 9.48. The topological polar surface area (TPSA) is 49.8 Å². The van der Waals surface area contributed by atoms with Crippen LogP contribution < -0.4 is 4.74 Å². The quantitative estimate of drug-likeness (QED) is 0.617. The van der Waals surface area contributed by atoms with Gasteiger partial charge in [-0.3, -0.25) is 9.69 Å². The van der Waals surface area contributed by atoms with E-state index in [4.69, 9.17) is 4.74 Å². The van der Waals surface area contributed by atoms with Crippen molar-refractivity contribution < 1.29 is 19.0 Å². The van der Waals surface area contributed by atoms with Gasteiger partial charge in [0.2, 0.25) is 0 Å². The molecule has 1 atom stereocenters. The SMILES string of the molecule is COc1cccc(CN2CCc3cc(C(=O)CO)sc3C2c2ccccc2F)c1. The first kappa shape index (κ1) is 19.8. The number of methoxy groups -OCH3 is 1. The fourth-order valence-electron chi connectivity index (χ4n) is 3.85. The summed E-state index contributed by atoms with van der Waals surface area (Å²) in [6.45, 7) is 0.862. The predicted octanol–water partition coefficient (Wildman–Crippen LogP) is 4.22. The highest BCUT2D eigenvalue weighted by molar-refractivity contribution is 7.14. The number of hydrogen-bond donors (Lipinski definition) is 1. The molecule has 1 aliphatic heterocycles. The molecular formula is C23H22FNO3S. The Morgan fingerprint density at radius 3 is 2.83 bits per heavy atom. The van der Waals surface area contributed by atoms with Gasteiger partial charge in [-0.1, -0.05) is 30.3 Å². The molecular weight excluding hydrogens is 389 g/mol. The molecule has 0 radical (unpaired) electrons. The van der Waals surface area contributed by atoms with E-state index in [9.17, 15) is 14.3 Å². The van der Waals surface area contributed by atoms with Crippen LogP contribution in [0.15, 0.2) is 54.6 Å². The van der Waals surface area contributed by atoms with Crippen molar-refractivity contribution in [3.8, 4) is 5.75 Å². The summed E-state index contributed by atoms with van der Waals surface area (Å²) < 4.78 is 20.1. The third kappa shape index (κ3) is 3.96. The minimum Gasteiger partial charge on any atom is -0.497 e. The second-order valence-corrected chi connectivity index (χ2v) is 8.16. The number of Topliss-reactive ketones (excluding diaryl/α,β-unsaturated/α-hetero) is 1. The number of fused-ring (bicyclic) bond motifs is 1. The second kappa shape index (κ2) is 8.45. The van der Waals surface area contributed by atoms with Crippen LogP contribution in [-0.4, -0.2) is 36.1 Å². The van der Waals surface area contributed by atoms with Gasteiger partial charge >= 0.3 is 0 Å². The molecule has 0 fully saturated rings. The number of ether oxygens (including phenoxy) is 1. The lowest BCUT2D eigenvalue weighted by molar-refractivity contribution is 0.0908. The molecule has 1 unspecified atom stereocenters. The molecule has 2 aromatic carbocycles. The maximum atomic E-state index is 14.8. The van der Waals surface area contributed by atoms with E-state index in [0.29, 0.717) is 17.0 Å². The van der Waals surface area contributed by atoms with Crippen molar-refractivity contribution in [2.24, 2.45) is 0 Å². The van der Waals surface area contributed by atoms with E-state index in [1.807, 2.05) is 36.4 Å². The van der Waals surface area contributed by atoms with E-state index in [1.165, 1.54) is 17.4 Å². The number of rotatable bonds is 6. The van der Waals surface area contributed by atoms with E-state index >= 15 is 0 Å².